The van der Waals surface area contributed by atoms with E-state index in [0.717, 1.165) is 6.42 Å². The summed E-state index contributed by atoms with van der Waals surface area (Å²) in [5.41, 5.74) is 8.59. The molecule has 3 unspecified atom stereocenters. The molecular weight excluding hydrogens is 226 g/mol. The Kier molecular flexibility index (Phi) is 6.33. The molecule has 0 radical (unpaired) electrons. The third-order valence-corrected chi connectivity index (χ3v) is 3.14. The molecule has 1 aromatic rings. The van der Waals surface area contributed by atoms with E-state index in [1.807, 2.05) is 19.1 Å². The summed E-state index contributed by atoms with van der Waals surface area (Å²) < 4.78 is 11.2. The van der Waals surface area contributed by atoms with Crippen molar-refractivity contribution >= 4 is 0 Å². The number of nitrogens with two attached hydrogens (primary N) is 1. The third-order valence-electron chi connectivity index (χ3n) is 3.14. The molecule has 0 amide bonds. The van der Waals surface area contributed by atoms with Crippen LogP contribution in [0, 0.1) is 6.92 Å². The van der Waals surface area contributed by atoms with Gasteiger partial charge in [0, 0.05) is 13.2 Å². The maximum Gasteiger partial charge on any atom is 0.0982 e. The molecule has 0 saturated heterocycles. The van der Waals surface area contributed by atoms with Crippen LogP contribution in [-0.4, -0.2) is 25.9 Å². The lowest BCUT2D eigenvalue weighted by Crippen LogP contribution is -2.33. The highest BCUT2D eigenvalue weighted by Crippen LogP contribution is 2.26. The Morgan fingerprint density at radius 3 is 2.50 bits per heavy atom. The Labute approximate surface area is 110 Å². The van der Waals surface area contributed by atoms with Crippen LogP contribution in [0.2, 0.25) is 0 Å². The van der Waals surface area contributed by atoms with Crippen LogP contribution in [0.1, 0.15) is 37.5 Å². The molecule has 0 fully saturated rings. The average Bonchev–Trinajstić information content (AvgIpc) is 2.36. The number of methoxy groups -OCH3 is 1. The summed E-state index contributed by atoms with van der Waals surface area (Å²) in [4.78, 5) is 0. The zero-order valence-corrected chi connectivity index (χ0v) is 11.8. The Bertz CT molecular complexity index is 354. The average molecular weight is 251 g/mol. The van der Waals surface area contributed by atoms with Crippen molar-refractivity contribution in [1.82, 2.24) is 0 Å². The molecule has 3 atom stereocenters. The maximum absolute atomic E-state index is 6.20. The van der Waals surface area contributed by atoms with Crippen LogP contribution in [0.3, 0.4) is 0 Å². The normalized spacial score (nSPS) is 16.3. The predicted octanol–water partition coefficient (Wildman–Crippen LogP) is 2.82. The van der Waals surface area contributed by atoms with Gasteiger partial charge in [-0.1, -0.05) is 31.2 Å². The SMILES string of the molecule is CCC(N)C(OC(C)COC)c1ccccc1C. The minimum atomic E-state index is -0.0682. The van der Waals surface area contributed by atoms with E-state index in [4.69, 9.17) is 15.2 Å². The molecule has 2 N–H and O–H groups in total. The molecule has 0 saturated carbocycles. The van der Waals surface area contributed by atoms with Gasteiger partial charge in [-0.2, -0.15) is 0 Å². The fourth-order valence-electron chi connectivity index (χ4n) is 2.05. The fourth-order valence-corrected chi connectivity index (χ4v) is 2.05. The minimum absolute atomic E-state index is 0.00501. The summed E-state index contributed by atoms with van der Waals surface area (Å²) in [5, 5.41) is 0. The van der Waals surface area contributed by atoms with Crippen LogP contribution in [0.25, 0.3) is 0 Å². The lowest BCUT2D eigenvalue weighted by molar-refractivity contribution is -0.0509. The first-order chi connectivity index (χ1) is 8.60. The second kappa shape index (κ2) is 7.52. The first kappa shape index (κ1) is 15.2. The van der Waals surface area contributed by atoms with Crippen molar-refractivity contribution in [2.24, 2.45) is 5.73 Å². The van der Waals surface area contributed by atoms with Gasteiger partial charge in [-0.25, -0.2) is 0 Å². The van der Waals surface area contributed by atoms with Gasteiger partial charge in [-0.05, 0) is 31.4 Å². The third kappa shape index (κ3) is 4.09. The van der Waals surface area contributed by atoms with Crippen LogP contribution >= 0.6 is 0 Å². The van der Waals surface area contributed by atoms with Crippen LogP contribution < -0.4 is 5.73 Å². The number of rotatable bonds is 7. The van der Waals surface area contributed by atoms with Gasteiger partial charge in [-0.15, -0.1) is 0 Å². The predicted molar refractivity (Wildman–Crippen MR) is 74.6 cm³/mol. The Morgan fingerprint density at radius 2 is 1.94 bits per heavy atom. The Hall–Kier alpha value is -0.900. The summed E-state index contributed by atoms with van der Waals surface area (Å²) in [6, 6.07) is 8.25. The molecule has 3 heteroatoms. The zero-order valence-electron chi connectivity index (χ0n) is 11.8. The van der Waals surface area contributed by atoms with Gasteiger partial charge in [0.25, 0.3) is 0 Å². The van der Waals surface area contributed by atoms with Crippen molar-refractivity contribution in [3.05, 3.63) is 35.4 Å². The van der Waals surface area contributed by atoms with Crippen molar-refractivity contribution in [2.75, 3.05) is 13.7 Å². The van der Waals surface area contributed by atoms with E-state index in [9.17, 15) is 0 Å². The number of benzene rings is 1. The van der Waals surface area contributed by atoms with Gasteiger partial charge in [0.15, 0.2) is 0 Å². The lowest BCUT2D eigenvalue weighted by Gasteiger charge is -2.28. The van der Waals surface area contributed by atoms with E-state index in [1.165, 1.54) is 11.1 Å². The fraction of sp³-hybridized carbons (Fsp3) is 0.600. The van der Waals surface area contributed by atoms with Crippen molar-refractivity contribution in [3.63, 3.8) is 0 Å². The van der Waals surface area contributed by atoms with Crippen molar-refractivity contribution in [1.29, 1.82) is 0 Å². The number of aryl methyl sites for hydroxylation is 1. The lowest BCUT2D eigenvalue weighted by atomic mass is 9.96. The molecule has 102 valence electrons. The molecule has 1 aromatic carbocycles. The molecule has 0 aliphatic rings. The van der Waals surface area contributed by atoms with E-state index in [1.54, 1.807) is 7.11 Å². The van der Waals surface area contributed by atoms with Crippen molar-refractivity contribution in [3.8, 4) is 0 Å². The van der Waals surface area contributed by atoms with Crippen LogP contribution in [0.4, 0.5) is 0 Å². The topological polar surface area (TPSA) is 44.5 Å². The molecule has 0 aromatic heterocycles. The van der Waals surface area contributed by atoms with Gasteiger partial charge in [0.05, 0.1) is 18.8 Å². The van der Waals surface area contributed by atoms with Crippen LogP contribution in [0.5, 0.6) is 0 Å². The van der Waals surface area contributed by atoms with E-state index >= 15 is 0 Å². The van der Waals surface area contributed by atoms with E-state index in [-0.39, 0.29) is 18.2 Å². The van der Waals surface area contributed by atoms with Gasteiger partial charge in [0.2, 0.25) is 0 Å². The first-order valence-corrected chi connectivity index (χ1v) is 6.55. The Morgan fingerprint density at radius 1 is 1.28 bits per heavy atom. The largest absolute Gasteiger partial charge is 0.382 e. The summed E-state index contributed by atoms with van der Waals surface area (Å²) in [6.07, 6.45) is 0.858. The smallest absolute Gasteiger partial charge is 0.0982 e. The van der Waals surface area contributed by atoms with Gasteiger partial charge >= 0.3 is 0 Å². The minimum Gasteiger partial charge on any atom is -0.382 e. The van der Waals surface area contributed by atoms with Crippen LogP contribution in [0.15, 0.2) is 24.3 Å². The van der Waals surface area contributed by atoms with E-state index < -0.39 is 0 Å². The van der Waals surface area contributed by atoms with Gasteiger partial charge in [0.1, 0.15) is 0 Å². The molecule has 0 spiro atoms. The quantitative estimate of drug-likeness (QED) is 0.810. The van der Waals surface area contributed by atoms with Crippen LogP contribution in [-0.2, 0) is 9.47 Å². The molecule has 0 aliphatic heterocycles. The Balaban J connectivity index is 2.88. The molecule has 0 aliphatic carbocycles. The summed E-state index contributed by atoms with van der Waals surface area (Å²) in [6.45, 7) is 6.77. The summed E-state index contributed by atoms with van der Waals surface area (Å²) in [7, 11) is 1.68. The zero-order chi connectivity index (χ0) is 13.5. The number of ether oxygens (including phenoxy) is 2. The molecule has 3 nitrogen and oxygen atoms in total. The number of hydrogen-bond donors (Lipinski definition) is 1. The first-order valence-electron chi connectivity index (χ1n) is 6.55. The van der Waals surface area contributed by atoms with Gasteiger partial charge < -0.3 is 15.2 Å². The standard InChI is InChI=1S/C15H25NO2/c1-5-14(16)15(18-12(3)10-17-4)13-9-7-6-8-11(13)2/h6-9,12,14-15H,5,10,16H2,1-4H3. The summed E-state index contributed by atoms with van der Waals surface area (Å²) >= 11 is 0. The van der Waals surface area contributed by atoms with Crippen molar-refractivity contribution in [2.45, 2.75) is 45.4 Å². The number of hydrogen-bond acceptors (Lipinski definition) is 3. The van der Waals surface area contributed by atoms with Crippen molar-refractivity contribution < 1.29 is 9.47 Å². The highest BCUT2D eigenvalue weighted by atomic mass is 16.5. The maximum atomic E-state index is 6.20. The molecular formula is C15H25NO2. The van der Waals surface area contributed by atoms with E-state index in [0.29, 0.717) is 6.61 Å². The molecule has 18 heavy (non-hydrogen) atoms. The van der Waals surface area contributed by atoms with E-state index in [2.05, 4.69) is 26.0 Å². The highest BCUT2D eigenvalue weighted by molar-refractivity contribution is 5.28. The molecule has 1 rings (SSSR count). The highest BCUT2D eigenvalue weighted by Gasteiger charge is 2.22. The van der Waals surface area contributed by atoms with Gasteiger partial charge in [-0.3, -0.25) is 0 Å². The second-order valence-corrected chi connectivity index (χ2v) is 4.75. The summed E-state index contributed by atoms with van der Waals surface area (Å²) in [5.74, 6) is 0. The molecule has 0 bridgehead atoms. The monoisotopic (exact) mass is 251 g/mol. The molecule has 0 heterocycles. The second-order valence-electron chi connectivity index (χ2n) is 4.75.